The second-order valence-corrected chi connectivity index (χ2v) is 10.3. The highest BCUT2D eigenvalue weighted by molar-refractivity contribution is 7.91. The number of carbonyl (C=O) groups is 1. The lowest BCUT2D eigenvalue weighted by Gasteiger charge is -2.31. The summed E-state index contributed by atoms with van der Waals surface area (Å²) in [5, 5.41) is 10.7. The summed E-state index contributed by atoms with van der Waals surface area (Å²) in [7, 11) is -3.58. The number of thiophene rings is 1. The van der Waals surface area contributed by atoms with E-state index in [4.69, 9.17) is 11.6 Å². The Morgan fingerprint density at radius 3 is 2.85 bits per heavy atom. The van der Waals surface area contributed by atoms with Crippen LogP contribution in [0, 0.1) is 0 Å². The fraction of sp³-hybridized carbons (Fsp3) is 0.533. The molecule has 1 amide bonds. The highest BCUT2D eigenvalue weighted by Gasteiger charge is 2.32. The largest absolute Gasteiger partial charge is 0.348 e. The van der Waals surface area contributed by atoms with Gasteiger partial charge < -0.3 is 5.32 Å². The second kappa shape index (κ2) is 7.63. The van der Waals surface area contributed by atoms with E-state index in [-0.39, 0.29) is 34.4 Å². The van der Waals surface area contributed by atoms with Crippen LogP contribution in [-0.2, 0) is 10.0 Å². The Morgan fingerprint density at radius 2 is 2.19 bits per heavy atom. The van der Waals surface area contributed by atoms with Crippen LogP contribution in [-0.4, -0.2) is 52.8 Å². The number of carbonyl (C=O) groups excluding carboxylic acids is 1. The average Bonchev–Trinajstić information content (AvgIpc) is 3.24. The molecule has 1 aliphatic rings. The number of sulfonamides is 1. The first-order chi connectivity index (χ1) is 12.3. The van der Waals surface area contributed by atoms with E-state index in [1.165, 1.54) is 10.4 Å². The molecular weight excluding hydrogens is 398 g/mol. The molecule has 1 N–H and O–H groups in total. The van der Waals surface area contributed by atoms with Crippen LogP contribution in [0.25, 0.3) is 0 Å². The summed E-state index contributed by atoms with van der Waals surface area (Å²) in [5.41, 5.74) is 0.226. The van der Waals surface area contributed by atoms with Gasteiger partial charge in [0.25, 0.3) is 15.9 Å². The first-order valence-corrected chi connectivity index (χ1v) is 10.9. The van der Waals surface area contributed by atoms with Crippen molar-refractivity contribution in [3.05, 3.63) is 28.4 Å². The summed E-state index contributed by atoms with van der Waals surface area (Å²) in [6.45, 7) is 4.46. The topological polar surface area (TPSA) is 97.2 Å². The maximum absolute atomic E-state index is 12.8. The molecular formula is C15H20ClN5O3S2. The minimum atomic E-state index is -3.58. The van der Waals surface area contributed by atoms with Crippen LogP contribution in [0.2, 0.25) is 4.34 Å². The first-order valence-electron chi connectivity index (χ1n) is 8.25. The van der Waals surface area contributed by atoms with Gasteiger partial charge in [-0.3, -0.25) is 4.79 Å². The Morgan fingerprint density at radius 1 is 1.42 bits per heavy atom. The van der Waals surface area contributed by atoms with E-state index < -0.39 is 10.0 Å². The number of halogens is 1. The summed E-state index contributed by atoms with van der Waals surface area (Å²) >= 11 is 6.92. The van der Waals surface area contributed by atoms with E-state index in [9.17, 15) is 13.2 Å². The predicted octanol–water partition coefficient (Wildman–Crippen LogP) is 2.16. The molecule has 1 aliphatic heterocycles. The zero-order chi connectivity index (χ0) is 18.9. The van der Waals surface area contributed by atoms with E-state index >= 15 is 0 Å². The van der Waals surface area contributed by atoms with Crippen LogP contribution < -0.4 is 5.32 Å². The Labute approximate surface area is 161 Å². The van der Waals surface area contributed by atoms with Crippen LogP contribution >= 0.6 is 22.9 Å². The second-order valence-electron chi connectivity index (χ2n) is 6.43. The fourth-order valence-corrected chi connectivity index (χ4v) is 5.97. The van der Waals surface area contributed by atoms with Crippen molar-refractivity contribution in [1.29, 1.82) is 0 Å². The third-order valence-corrected chi connectivity index (χ3v) is 7.60. The molecule has 11 heteroatoms. The zero-order valence-corrected chi connectivity index (χ0v) is 16.8. The Hall–Kier alpha value is -1.49. The van der Waals surface area contributed by atoms with E-state index in [1.54, 1.807) is 16.9 Å². The monoisotopic (exact) mass is 417 g/mol. The van der Waals surface area contributed by atoms with Crippen molar-refractivity contribution in [2.45, 2.75) is 43.0 Å². The summed E-state index contributed by atoms with van der Waals surface area (Å²) in [6.07, 6.45) is 3.04. The molecule has 3 rings (SSSR count). The van der Waals surface area contributed by atoms with Crippen LogP contribution in [0.3, 0.4) is 0 Å². The molecule has 2 aromatic rings. The molecule has 1 fully saturated rings. The van der Waals surface area contributed by atoms with Crippen molar-refractivity contribution >= 4 is 38.9 Å². The molecule has 1 saturated heterocycles. The minimum absolute atomic E-state index is 0.000542. The Bertz CT molecular complexity index is 893. The van der Waals surface area contributed by atoms with Gasteiger partial charge in [0.15, 0.2) is 5.69 Å². The normalized spacial score (nSPS) is 19.0. The lowest BCUT2D eigenvalue weighted by Crippen LogP contribution is -2.40. The minimum Gasteiger partial charge on any atom is -0.348 e. The molecule has 0 aliphatic carbocycles. The summed E-state index contributed by atoms with van der Waals surface area (Å²) in [6, 6.07) is 2.94. The lowest BCUT2D eigenvalue weighted by atomic mass is 10.1. The van der Waals surface area contributed by atoms with Crippen molar-refractivity contribution in [1.82, 2.24) is 24.6 Å². The Balaban J connectivity index is 1.75. The molecule has 0 bridgehead atoms. The highest BCUT2D eigenvalue weighted by atomic mass is 35.5. The number of hydrogen-bond donors (Lipinski definition) is 1. The van der Waals surface area contributed by atoms with Gasteiger partial charge in [0.1, 0.15) is 4.21 Å². The quantitative estimate of drug-likeness (QED) is 0.803. The molecule has 8 nitrogen and oxygen atoms in total. The zero-order valence-electron chi connectivity index (χ0n) is 14.4. The lowest BCUT2D eigenvalue weighted by molar-refractivity contribution is 0.0938. The van der Waals surface area contributed by atoms with Crippen molar-refractivity contribution in [2.75, 3.05) is 13.1 Å². The van der Waals surface area contributed by atoms with Gasteiger partial charge in [-0.25, -0.2) is 13.1 Å². The molecule has 26 heavy (non-hydrogen) atoms. The van der Waals surface area contributed by atoms with Gasteiger partial charge in [-0.05, 0) is 38.8 Å². The number of aromatic nitrogens is 3. The number of nitrogens with one attached hydrogen (secondary N) is 1. The van der Waals surface area contributed by atoms with Crippen LogP contribution in [0.5, 0.6) is 0 Å². The molecule has 0 saturated carbocycles. The molecule has 3 heterocycles. The van der Waals surface area contributed by atoms with Crippen molar-refractivity contribution in [3.63, 3.8) is 0 Å². The number of rotatable bonds is 5. The van der Waals surface area contributed by atoms with Gasteiger partial charge in [-0.15, -0.1) is 16.4 Å². The molecule has 1 unspecified atom stereocenters. The van der Waals surface area contributed by atoms with E-state index in [0.717, 1.165) is 17.8 Å². The fourth-order valence-electron chi connectivity index (χ4n) is 2.81. The molecule has 0 spiro atoms. The van der Waals surface area contributed by atoms with Gasteiger partial charge in [-0.1, -0.05) is 16.8 Å². The Kier molecular flexibility index (Phi) is 5.66. The highest BCUT2D eigenvalue weighted by Crippen LogP contribution is 2.31. The smallest absolute Gasteiger partial charge is 0.273 e. The summed E-state index contributed by atoms with van der Waals surface area (Å²) in [4.78, 5) is 12.0. The van der Waals surface area contributed by atoms with Crippen molar-refractivity contribution in [3.8, 4) is 0 Å². The molecule has 0 radical (unpaired) electrons. The number of piperidine rings is 1. The van der Waals surface area contributed by atoms with Crippen LogP contribution in [0.15, 0.2) is 22.5 Å². The van der Waals surface area contributed by atoms with Crippen molar-refractivity contribution < 1.29 is 13.2 Å². The third kappa shape index (κ3) is 4.08. The molecule has 142 valence electrons. The van der Waals surface area contributed by atoms with Gasteiger partial charge in [0.05, 0.1) is 16.6 Å². The SMILES string of the molecule is CC(C)NC(=O)c1cn(C2CCCN(S(=O)(=O)c3ccc(Cl)s3)C2)nn1. The van der Waals surface area contributed by atoms with Gasteiger partial charge in [0.2, 0.25) is 0 Å². The van der Waals surface area contributed by atoms with Crippen LogP contribution in [0.4, 0.5) is 0 Å². The average molecular weight is 418 g/mol. The van der Waals surface area contributed by atoms with Gasteiger partial charge in [-0.2, -0.15) is 4.31 Å². The first kappa shape index (κ1) is 19.3. The molecule has 1 atom stereocenters. The summed E-state index contributed by atoms with van der Waals surface area (Å²) in [5.74, 6) is -0.292. The third-order valence-electron chi connectivity index (χ3n) is 4.04. The predicted molar refractivity (Wildman–Crippen MR) is 99.0 cm³/mol. The standard InChI is InChI=1S/C15H20ClN5O3S2/c1-10(2)17-15(22)12-9-21(19-18-12)11-4-3-7-20(8-11)26(23,24)14-6-5-13(16)25-14/h5-6,9-11H,3-4,7-8H2,1-2H3,(H,17,22). The summed E-state index contributed by atoms with van der Waals surface area (Å²) < 4.78 is 29.3. The molecule has 2 aromatic heterocycles. The maximum Gasteiger partial charge on any atom is 0.273 e. The van der Waals surface area contributed by atoms with Crippen molar-refractivity contribution in [2.24, 2.45) is 0 Å². The van der Waals surface area contributed by atoms with E-state index in [1.807, 2.05) is 13.8 Å². The molecule has 0 aromatic carbocycles. The maximum atomic E-state index is 12.8. The van der Waals surface area contributed by atoms with Crippen LogP contribution in [0.1, 0.15) is 43.2 Å². The van der Waals surface area contributed by atoms with E-state index in [2.05, 4.69) is 15.6 Å². The number of amides is 1. The number of hydrogen-bond acceptors (Lipinski definition) is 6. The van der Waals surface area contributed by atoms with Gasteiger partial charge in [0, 0.05) is 19.1 Å². The van der Waals surface area contributed by atoms with E-state index in [0.29, 0.717) is 17.3 Å². The van der Waals surface area contributed by atoms with Gasteiger partial charge >= 0.3 is 0 Å². The number of nitrogens with zero attached hydrogens (tertiary/aromatic N) is 4.